The van der Waals surface area contributed by atoms with E-state index in [1.165, 1.54) is 6.92 Å². The van der Waals surface area contributed by atoms with Gasteiger partial charge in [0.1, 0.15) is 103 Å². The number of aliphatic hydroxyl groups is 17. The van der Waals surface area contributed by atoms with Gasteiger partial charge in [-0.25, -0.2) is 0 Å². The Balaban J connectivity index is 0.876. The van der Waals surface area contributed by atoms with Crippen molar-refractivity contribution in [1.82, 2.24) is 0 Å². The molecule has 34 atom stereocenters. The molecule has 0 radical (unpaired) electrons. The van der Waals surface area contributed by atoms with Crippen LogP contribution in [0.3, 0.4) is 0 Å². The fourth-order valence-corrected chi connectivity index (χ4v) is 17.9. The highest BCUT2D eigenvalue weighted by Gasteiger charge is 2.74. The van der Waals surface area contributed by atoms with Crippen LogP contribution in [0.25, 0.3) is 0 Å². The molecule has 5 heterocycles. The first kappa shape index (κ1) is 68.0. The number of ether oxygens (including phenoxy) is 10. The molecule has 500 valence electrons. The molecular formula is C59H96O28. The van der Waals surface area contributed by atoms with Crippen molar-refractivity contribution in [2.24, 2.45) is 50.2 Å². The minimum absolute atomic E-state index is 0.106. The molecule has 0 amide bonds. The van der Waals surface area contributed by atoms with Gasteiger partial charge in [-0.1, -0.05) is 53.2 Å². The number of fused-ring (bicyclic) bond motifs is 7. The van der Waals surface area contributed by atoms with Gasteiger partial charge in [0, 0.05) is 5.41 Å². The zero-order chi connectivity index (χ0) is 63.6. The Kier molecular flexibility index (Phi) is 19.7. The second-order valence-electron chi connectivity index (χ2n) is 28.4. The van der Waals surface area contributed by atoms with Crippen molar-refractivity contribution in [3.8, 4) is 0 Å². The Morgan fingerprint density at radius 1 is 0.586 bits per heavy atom. The van der Waals surface area contributed by atoms with Crippen LogP contribution < -0.4 is 0 Å². The first-order chi connectivity index (χ1) is 40.8. The van der Waals surface area contributed by atoms with Crippen LogP contribution in [0.15, 0.2) is 11.6 Å². The zero-order valence-electron chi connectivity index (χ0n) is 50.3. The van der Waals surface area contributed by atoms with Gasteiger partial charge in [0.05, 0.1) is 57.5 Å². The van der Waals surface area contributed by atoms with E-state index in [0.29, 0.717) is 32.1 Å². The molecule has 10 aliphatic rings. The standard InChI is InChI=1S/C59H96O28/c1-8-58(22-61)32-11-12-56(6)31(55(32,5)16-26(62)47(58)86-51-43(75)39(71)37(69)30(83-51)21-80-48-42(74)38(70)36(68)29(18-60)82-48)10-9-24-25-15-54(3,4)13-14-59(25,33(65)17-57(24,56)7)53(77)87-52-46(35(67)28(64)20-79-52)85-50-44(76)40(72)45(23(2)81-50)84-49-41(73)34(66)27(63)19-78-49/h9,23,25-52,60-76H,8,10-22H2,1-7H3/t23-,25-,26-,27+,28-,29+,30+,31+,32+,33+,34-,35-,36+,37+,38-,39-,40-,41+,42+,43+,44+,45-,46+,47-,48+,49-,50-,51-,52-,55+,56+,57+,58-,59+/m0/s1. The van der Waals surface area contributed by atoms with Gasteiger partial charge in [-0.05, 0) is 104 Å². The molecule has 5 saturated heterocycles. The third-order valence-corrected chi connectivity index (χ3v) is 23.2. The van der Waals surface area contributed by atoms with Gasteiger partial charge in [0.2, 0.25) is 6.29 Å². The normalized spacial score (nSPS) is 55.1. The Morgan fingerprint density at radius 2 is 1.17 bits per heavy atom. The number of hydrogen-bond acceptors (Lipinski definition) is 28. The molecule has 10 rings (SSSR count). The summed E-state index contributed by atoms with van der Waals surface area (Å²) in [6, 6.07) is 0. The van der Waals surface area contributed by atoms with E-state index in [4.69, 9.17) is 47.4 Å². The molecule has 5 aliphatic carbocycles. The minimum Gasteiger partial charge on any atom is -0.432 e. The molecule has 0 aromatic rings. The lowest BCUT2D eigenvalue weighted by Crippen LogP contribution is -2.71. The zero-order valence-corrected chi connectivity index (χ0v) is 50.3. The summed E-state index contributed by atoms with van der Waals surface area (Å²) in [5.74, 6) is -1.96. The van der Waals surface area contributed by atoms with E-state index < -0.39 is 232 Å². The smallest absolute Gasteiger partial charge is 0.317 e. The number of aliphatic hydroxyl groups excluding tert-OH is 17. The summed E-state index contributed by atoms with van der Waals surface area (Å²) >= 11 is 0. The van der Waals surface area contributed by atoms with Gasteiger partial charge in [-0.3, -0.25) is 4.79 Å². The second-order valence-corrected chi connectivity index (χ2v) is 28.4. The largest absolute Gasteiger partial charge is 0.432 e. The van der Waals surface area contributed by atoms with Crippen molar-refractivity contribution >= 4 is 5.97 Å². The molecule has 28 nitrogen and oxygen atoms in total. The van der Waals surface area contributed by atoms with Crippen LogP contribution in [0.4, 0.5) is 0 Å². The Morgan fingerprint density at radius 3 is 1.83 bits per heavy atom. The Hall–Kier alpha value is -1.83. The summed E-state index contributed by atoms with van der Waals surface area (Å²) in [6.07, 6.45) is -36.3. The van der Waals surface area contributed by atoms with E-state index in [-0.39, 0.29) is 42.9 Å². The fourth-order valence-electron chi connectivity index (χ4n) is 17.9. The van der Waals surface area contributed by atoms with E-state index in [9.17, 15) is 86.8 Å². The fraction of sp³-hybridized carbons (Fsp3) is 0.949. The quantitative estimate of drug-likeness (QED) is 0.0442. The number of esters is 1. The topological polar surface area (TPSA) is 453 Å². The van der Waals surface area contributed by atoms with Crippen LogP contribution in [0, 0.1) is 50.2 Å². The summed E-state index contributed by atoms with van der Waals surface area (Å²) in [5.41, 5.74) is -4.21. The van der Waals surface area contributed by atoms with E-state index in [2.05, 4.69) is 40.7 Å². The lowest BCUT2D eigenvalue weighted by atomic mass is 9.32. The van der Waals surface area contributed by atoms with Crippen molar-refractivity contribution in [3.05, 3.63) is 11.6 Å². The molecule has 5 aliphatic heterocycles. The molecule has 87 heavy (non-hydrogen) atoms. The van der Waals surface area contributed by atoms with Gasteiger partial charge in [0.25, 0.3) is 0 Å². The number of hydrogen-bond donors (Lipinski definition) is 17. The Labute approximate surface area is 504 Å². The van der Waals surface area contributed by atoms with Crippen LogP contribution in [0.2, 0.25) is 0 Å². The van der Waals surface area contributed by atoms with Crippen molar-refractivity contribution < 1.29 is 139 Å². The number of allylic oxidation sites excluding steroid dienone is 2. The van der Waals surface area contributed by atoms with Gasteiger partial charge >= 0.3 is 5.97 Å². The molecule has 0 spiro atoms. The van der Waals surface area contributed by atoms with E-state index in [1.54, 1.807) is 0 Å². The van der Waals surface area contributed by atoms with E-state index in [0.717, 1.165) is 5.57 Å². The number of rotatable bonds is 14. The highest BCUT2D eigenvalue weighted by Crippen LogP contribution is 2.76. The average Bonchev–Trinajstić information content (AvgIpc) is 0.673. The predicted octanol–water partition coefficient (Wildman–Crippen LogP) is -4.60. The lowest BCUT2D eigenvalue weighted by Gasteiger charge is -2.72. The third-order valence-electron chi connectivity index (χ3n) is 23.2. The van der Waals surface area contributed by atoms with Gasteiger partial charge in [-0.2, -0.15) is 0 Å². The SMILES string of the molecule is CC[C@]1(CO)[C@@H]2CC[C@]3(C)[C@H](CC=C4[C@@H]5CC(C)(C)CC[C@]5(C(=O)O[C@@H]5OC[C@H](O)[C@H](O)[C@H]5O[C@@H]5O[C@@H](C)[C@H](O[C@@H]6OC[C@@H](O)[C@H](O)[C@H]6O)[C@@H](O)[C@H]5O)[C@H](O)C[C@]43C)[C@@]2(C)C[C@H](O)[C@@H]1O[C@@H]1O[C@H](CO[C@@H]2O[C@H](CO)[C@@H](O)[C@H](O)[C@H]2O)[C@@H](O)[C@H](O)[C@H]1O. The van der Waals surface area contributed by atoms with Gasteiger partial charge < -0.3 is 134 Å². The maximum Gasteiger partial charge on any atom is 0.317 e. The molecule has 4 saturated carbocycles. The van der Waals surface area contributed by atoms with Crippen LogP contribution in [0.5, 0.6) is 0 Å². The Bertz CT molecular complexity index is 2420. The van der Waals surface area contributed by atoms with Crippen molar-refractivity contribution in [2.75, 3.05) is 33.0 Å². The van der Waals surface area contributed by atoms with Crippen LogP contribution >= 0.6 is 0 Å². The summed E-state index contributed by atoms with van der Waals surface area (Å²) in [6.45, 7) is 11.3. The average molecular weight is 1250 g/mol. The van der Waals surface area contributed by atoms with Crippen LogP contribution in [-0.2, 0) is 52.2 Å². The molecule has 0 bridgehead atoms. The number of carbonyl (C=O) groups is 1. The first-order valence-electron chi connectivity index (χ1n) is 30.9. The highest BCUT2D eigenvalue weighted by atomic mass is 16.8. The predicted molar refractivity (Wildman–Crippen MR) is 291 cm³/mol. The molecule has 0 unspecified atom stereocenters. The monoisotopic (exact) mass is 1250 g/mol. The lowest BCUT2D eigenvalue weighted by molar-refractivity contribution is -0.369. The third kappa shape index (κ3) is 11.2. The van der Waals surface area contributed by atoms with Gasteiger partial charge in [-0.15, -0.1) is 0 Å². The summed E-state index contributed by atoms with van der Waals surface area (Å²) in [5, 5.41) is 187. The first-order valence-corrected chi connectivity index (χ1v) is 30.9. The van der Waals surface area contributed by atoms with Crippen LogP contribution in [0.1, 0.15) is 106 Å². The second kappa shape index (κ2) is 25.1. The summed E-state index contributed by atoms with van der Waals surface area (Å²) in [4.78, 5) is 15.4. The van der Waals surface area contributed by atoms with E-state index in [1.807, 2.05) is 6.92 Å². The van der Waals surface area contributed by atoms with Crippen LogP contribution in [-0.4, -0.2) is 285 Å². The highest BCUT2D eigenvalue weighted by molar-refractivity contribution is 5.80. The molecule has 9 fully saturated rings. The maximum atomic E-state index is 15.4. The van der Waals surface area contributed by atoms with E-state index >= 15 is 4.79 Å². The van der Waals surface area contributed by atoms with Gasteiger partial charge in [0.15, 0.2) is 31.3 Å². The van der Waals surface area contributed by atoms with Crippen molar-refractivity contribution in [2.45, 2.75) is 266 Å². The summed E-state index contributed by atoms with van der Waals surface area (Å²) in [7, 11) is 0. The molecule has 17 N–H and O–H groups in total. The molecular weight excluding hydrogens is 1160 g/mol. The summed E-state index contributed by atoms with van der Waals surface area (Å²) < 4.78 is 58.9. The minimum atomic E-state index is -1.92. The van der Waals surface area contributed by atoms with Crippen molar-refractivity contribution in [1.29, 1.82) is 0 Å². The number of carbonyl (C=O) groups excluding carboxylic acids is 1. The maximum absolute atomic E-state index is 15.4. The molecule has 0 aromatic heterocycles. The molecule has 28 heteroatoms. The molecule has 0 aromatic carbocycles. The van der Waals surface area contributed by atoms with Crippen molar-refractivity contribution in [3.63, 3.8) is 0 Å².